The minimum Gasteiger partial charge on any atom is -0.744 e. The highest BCUT2D eigenvalue weighted by Gasteiger charge is 2.48. The van der Waals surface area contributed by atoms with Gasteiger partial charge in [0.15, 0.2) is 5.71 Å². The molecule has 2 aliphatic heterocycles. The van der Waals surface area contributed by atoms with Crippen molar-refractivity contribution in [1.82, 2.24) is 0 Å². The van der Waals surface area contributed by atoms with Crippen LogP contribution in [0.5, 0.6) is 0 Å². The molecule has 2 unspecified atom stereocenters. The molecule has 0 amide bonds. The van der Waals surface area contributed by atoms with Gasteiger partial charge in [0.05, 0.1) is 93.6 Å². The number of hydrogen-bond donors (Lipinski definition) is 3. The van der Waals surface area contributed by atoms with E-state index >= 15 is 0 Å². The van der Waals surface area contributed by atoms with Gasteiger partial charge in [0, 0.05) is 74.7 Å². The Labute approximate surface area is 418 Å². The van der Waals surface area contributed by atoms with Crippen LogP contribution in [0.1, 0.15) is 69.9 Å². The molecule has 2 aliphatic rings. The Morgan fingerprint density at radius 2 is 1.25 bits per heavy atom. The van der Waals surface area contributed by atoms with E-state index < -0.39 is 57.8 Å². The second-order valence-corrected chi connectivity index (χ2v) is 21.7. The maximum atomic E-state index is 12.4. The summed E-state index contributed by atoms with van der Waals surface area (Å²) in [6.45, 7) is 9.27. The summed E-state index contributed by atoms with van der Waals surface area (Å²) in [6, 6.07) is 8.53. The molecular formula is C48H70N2O18S3. The van der Waals surface area contributed by atoms with Gasteiger partial charge in [-0.05, 0) is 87.9 Å². The molecule has 0 aromatic heterocycles. The Kier molecular flexibility index (Phi) is 23.9. The molecule has 2 atom stereocenters. The Hall–Kier alpha value is -3.95. The topological polar surface area (TPSA) is 274 Å². The molecular weight excluding hydrogens is 989 g/mol. The van der Waals surface area contributed by atoms with Crippen molar-refractivity contribution in [3.05, 3.63) is 83.6 Å². The smallest absolute Gasteiger partial charge is 0.303 e. The van der Waals surface area contributed by atoms with Gasteiger partial charge < -0.3 is 47.7 Å². The number of allylic oxidation sites excluding steroid dienone is 6. The van der Waals surface area contributed by atoms with Crippen LogP contribution in [0.25, 0.3) is 0 Å². The predicted octanol–water partition coefficient (Wildman–Crippen LogP) is 5.05. The summed E-state index contributed by atoms with van der Waals surface area (Å²) >= 11 is 0. The molecule has 23 heteroatoms. The van der Waals surface area contributed by atoms with E-state index in [-0.39, 0.29) is 37.4 Å². The van der Waals surface area contributed by atoms with Crippen LogP contribution in [-0.2, 0) is 79.1 Å². The molecule has 20 nitrogen and oxygen atoms in total. The zero-order valence-corrected chi connectivity index (χ0v) is 43.4. The van der Waals surface area contributed by atoms with Crippen LogP contribution >= 0.6 is 0 Å². The lowest BCUT2D eigenvalue weighted by atomic mass is 9.76. The van der Waals surface area contributed by atoms with E-state index in [0.29, 0.717) is 127 Å². The highest BCUT2D eigenvalue weighted by Crippen LogP contribution is 2.51. The van der Waals surface area contributed by atoms with E-state index in [4.69, 9.17) is 33.2 Å². The van der Waals surface area contributed by atoms with E-state index in [1.807, 2.05) is 35.5 Å². The zero-order chi connectivity index (χ0) is 52.1. The summed E-state index contributed by atoms with van der Waals surface area (Å²) in [5.41, 5.74) is 2.02. The number of methoxy groups -OCH3 is 2. The minimum atomic E-state index is -4.87. The monoisotopic (exact) mass is 1060 g/mol. The lowest BCUT2D eigenvalue weighted by molar-refractivity contribution is -0.438. The number of anilines is 1. The van der Waals surface area contributed by atoms with Gasteiger partial charge in [-0.1, -0.05) is 18.2 Å². The van der Waals surface area contributed by atoms with Crippen molar-refractivity contribution in [2.75, 3.05) is 117 Å². The lowest BCUT2D eigenvalue weighted by Gasteiger charge is -2.30. The zero-order valence-electron chi connectivity index (χ0n) is 41.0. The molecule has 3 N–H and O–H groups in total. The summed E-state index contributed by atoms with van der Waals surface area (Å²) in [6.07, 6.45) is 11.1. The van der Waals surface area contributed by atoms with Crippen LogP contribution in [0.15, 0.2) is 82.3 Å². The Balaban J connectivity index is 1.58. The Morgan fingerprint density at radius 1 is 0.676 bits per heavy atom. The standard InChI is InChI=1S/C48H70N2O18S3/c1-47(19-11-35-69(53,54)55)40-36-38(70(56,57)58)15-17-42(40)49(21-10-6-9-14-46(51)52)44(47)12-7-5-8-13-45-48(2,41-37-39(71(59,60)61)16-18-43(41)50(45)22-24-62-3)20-23-64-27-28-66-31-32-68-34-33-67-30-29-65-26-25-63-4/h5,7-8,12-13,15-18,36-37H,6,9-11,14,19-35H2,1-4H3,(H3-,51,52,53,54,55,56,57,58,59,60,61). The first-order valence-corrected chi connectivity index (χ1v) is 27.9. The summed E-state index contributed by atoms with van der Waals surface area (Å²) in [5.74, 6) is -1.47. The molecule has 0 saturated carbocycles. The van der Waals surface area contributed by atoms with Crippen molar-refractivity contribution < 1.29 is 86.5 Å². The van der Waals surface area contributed by atoms with Gasteiger partial charge in [0.25, 0.3) is 20.2 Å². The second kappa shape index (κ2) is 28.5. The highest BCUT2D eigenvalue weighted by atomic mass is 32.2. The predicted molar refractivity (Wildman–Crippen MR) is 263 cm³/mol. The fourth-order valence-corrected chi connectivity index (χ4v) is 10.2. The quantitative estimate of drug-likeness (QED) is 0.0349. The average Bonchev–Trinajstić information content (AvgIpc) is 3.67. The normalized spacial score (nSPS) is 19.0. The number of nitrogens with zero attached hydrogens (tertiary/aromatic N) is 2. The van der Waals surface area contributed by atoms with Crippen LogP contribution in [0.3, 0.4) is 0 Å². The molecule has 398 valence electrons. The maximum absolute atomic E-state index is 12.4. The largest absolute Gasteiger partial charge is 0.744 e. The van der Waals surface area contributed by atoms with E-state index in [0.717, 1.165) is 11.4 Å². The lowest BCUT2D eigenvalue weighted by Crippen LogP contribution is -2.32. The van der Waals surface area contributed by atoms with Crippen molar-refractivity contribution in [3.8, 4) is 0 Å². The van der Waals surface area contributed by atoms with Crippen molar-refractivity contribution >= 4 is 53.4 Å². The van der Waals surface area contributed by atoms with E-state index in [9.17, 15) is 48.8 Å². The van der Waals surface area contributed by atoms with Gasteiger partial charge in [0.1, 0.15) is 16.7 Å². The molecule has 71 heavy (non-hydrogen) atoms. The summed E-state index contributed by atoms with van der Waals surface area (Å²) < 4.78 is 145. The van der Waals surface area contributed by atoms with Crippen molar-refractivity contribution in [1.29, 1.82) is 0 Å². The number of fused-ring (bicyclic) bond motifs is 2. The van der Waals surface area contributed by atoms with Gasteiger partial charge >= 0.3 is 5.97 Å². The highest BCUT2D eigenvalue weighted by molar-refractivity contribution is 7.86. The molecule has 2 heterocycles. The van der Waals surface area contributed by atoms with E-state index in [1.165, 1.54) is 30.3 Å². The third kappa shape index (κ3) is 18.2. The number of hydrogen-bond acceptors (Lipinski definition) is 16. The average molecular weight is 1060 g/mol. The first-order valence-electron chi connectivity index (χ1n) is 23.4. The first-order chi connectivity index (χ1) is 33.7. The molecule has 0 aliphatic carbocycles. The number of carbonyl (C=O) groups is 1. The van der Waals surface area contributed by atoms with Crippen molar-refractivity contribution in [3.63, 3.8) is 0 Å². The number of carboxylic acid groups (broad SMARTS) is 1. The van der Waals surface area contributed by atoms with E-state index in [1.54, 1.807) is 38.5 Å². The van der Waals surface area contributed by atoms with Crippen LogP contribution in [0, 0.1) is 0 Å². The maximum Gasteiger partial charge on any atom is 0.303 e. The number of carboxylic acids is 1. The van der Waals surface area contributed by atoms with Crippen LogP contribution in [0.4, 0.5) is 11.4 Å². The van der Waals surface area contributed by atoms with Gasteiger partial charge in [-0.15, -0.1) is 0 Å². The first kappa shape index (κ1) is 59.6. The Bertz CT molecular complexity index is 2530. The van der Waals surface area contributed by atoms with E-state index in [2.05, 4.69) is 0 Å². The number of benzene rings is 2. The van der Waals surface area contributed by atoms with Gasteiger partial charge in [-0.3, -0.25) is 13.9 Å². The molecule has 2 aromatic rings. The number of rotatable bonds is 36. The Morgan fingerprint density at radius 3 is 1.82 bits per heavy atom. The number of aliphatic carboxylic acids is 1. The van der Waals surface area contributed by atoms with Crippen LogP contribution < -0.4 is 4.90 Å². The van der Waals surface area contributed by atoms with Crippen molar-refractivity contribution in [2.45, 2.75) is 79.4 Å². The number of unbranched alkanes of at least 4 members (excludes halogenated alkanes) is 2. The van der Waals surface area contributed by atoms with Gasteiger partial charge in [-0.25, -0.2) is 8.42 Å². The number of ether oxygens (including phenoxy) is 7. The molecule has 0 saturated heterocycles. The van der Waals surface area contributed by atoms with Crippen LogP contribution in [0.2, 0.25) is 0 Å². The van der Waals surface area contributed by atoms with Gasteiger partial charge in [-0.2, -0.15) is 21.4 Å². The molecule has 2 aromatic carbocycles. The molecule has 0 spiro atoms. The third-order valence-electron chi connectivity index (χ3n) is 12.3. The van der Waals surface area contributed by atoms with Gasteiger partial charge in [0.2, 0.25) is 5.69 Å². The summed E-state index contributed by atoms with van der Waals surface area (Å²) in [4.78, 5) is 12.5. The molecule has 0 fully saturated rings. The molecule has 0 radical (unpaired) electrons. The SMILES string of the molecule is COCCOCCOCCOCCOCCOCCC1(C)\C(=C/C=C/C=C/C2=[N+](CCCCCC(=O)O)c3ccc(S(=O)(=O)[O-])cc3C2(C)CCCS(=O)(=O)O)N(CCOC)c2ccc(S(=O)(=O)O)cc21. The summed E-state index contributed by atoms with van der Waals surface area (Å²) in [5, 5.41) is 9.18. The van der Waals surface area contributed by atoms with Crippen molar-refractivity contribution in [2.24, 2.45) is 0 Å². The minimum absolute atomic E-state index is 0.000546. The second-order valence-electron chi connectivity index (χ2n) is 17.3. The molecule has 4 rings (SSSR count). The summed E-state index contributed by atoms with van der Waals surface area (Å²) in [7, 11) is -10.6. The fraction of sp³-hybridized carbons (Fsp3) is 0.583. The fourth-order valence-electron chi connectivity index (χ4n) is 8.66. The molecule has 0 bridgehead atoms. The van der Waals surface area contributed by atoms with Crippen LogP contribution in [-0.4, -0.2) is 173 Å². The third-order valence-corrected chi connectivity index (χ3v) is 14.8.